The molecule has 6 nitrogen and oxygen atoms in total. The van der Waals surface area contributed by atoms with Crippen LogP contribution in [0, 0.1) is 5.41 Å². The van der Waals surface area contributed by atoms with Crippen molar-refractivity contribution in [1.82, 2.24) is 9.80 Å². The van der Waals surface area contributed by atoms with Crippen LogP contribution in [0.4, 0.5) is 4.79 Å². The van der Waals surface area contributed by atoms with E-state index in [1.807, 2.05) is 6.92 Å². The molecule has 20 heavy (non-hydrogen) atoms. The molecule has 0 aromatic rings. The Kier molecular flexibility index (Phi) is 4.52. The third-order valence-electron chi connectivity index (χ3n) is 4.56. The van der Waals surface area contributed by atoms with Crippen molar-refractivity contribution < 1.29 is 19.4 Å². The minimum atomic E-state index is -0.776. The lowest BCUT2D eigenvalue weighted by Gasteiger charge is -2.30. The molecule has 114 valence electrons. The third-order valence-corrected chi connectivity index (χ3v) is 4.56. The van der Waals surface area contributed by atoms with Crippen LogP contribution in [0.5, 0.6) is 0 Å². The molecule has 6 heteroatoms. The second-order valence-electron chi connectivity index (χ2n) is 5.92. The van der Waals surface area contributed by atoms with Crippen LogP contribution in [0.2, 0.25) is 0 Å². The standard InChI is InChI=1S/C14H24N2O4/c1-3-5-14(12(17)18)6-7-16(10-14)13(19)15(2)11-4-8-20-9-11/h11H,3-10H2,1-2H3,(H,17,18). The summed E-state index contributed by atoms with van der Waals surface area (Å²) in [6.45, 7) is 4.11. The Morgan fingerprint density at radius 1 is 1.50 bits per heavy atom. The highest BCUT2D eigenvalue weighted by atomic mass is 16.5. The lowest BCUT2D eigenvalue weighted by atomic mass is 9.83. The number of likely N-dealkylation sites (tertiary alicyclic amines) is 1. The Balaban J connectivity index is 2.00. The molecule has 2 aliphatic rings. The maximum atomic E-state index is 12.5. The average molecular weight is 284 g/mol. The maximum Gasteiger partial charge on any atom is 0.320 e. The van der Waals surface area contributed by atoms with Crippen LogP contribution in [-0.4, -0.2) is 66.3 Å². The van der Waals surface area contributed by atoms with Crippen LogP contribution in [0.15, 0.2) is 0 Å². The smallest absolute Gasteiger partial charge is 0.320 e. The van der Waals surface area contributed by atoms with Gasteiger partial charge in [-0.15, -0.1) is 0 Å². The summed E-state index contributed by atoms with van der Waals surface area (Å²) >= 11 is 0. The first-order chi connectivity index (χ1) is 9.50. The van der Waals surface area contributed by atoms with Gasteiger partial charge in [-0.05, 0) is 19.3 Å². The lowest BCUT2D eigenvalue weighted by molar-refractivity contribution is -0.148. The van der Waals surface area contributed by atoms with E-state index in [9.17, 15) is 14.7 Å². The SMILES string of the molecule is CCCC1(C(=O)O)CCN(C(=O)N(C)C2CCOC2)C1. The Hall–Kier alpha value is -1.30. The summed E-state index contributed by atoms with van der Waals surface area (Å²) < 4.78 is 5.30. The summed E-state index contributed by atoms with van der Waals surface area (Å²) in [5.74, 6) is -0.776. The summed E-state index contributed by atoms with van der Waals surface area (Å²) in [7, 11) is 1.78. The molecule has 0 aromatic carbocycles. The van der Waals surface area contributed by atoms with E-state index in [1.165, 1.54) is 0 Å². The highest BCUT2D eigenvalue weighted by Crippen LogP contribution is 2.36. The van der Waals surface area contributed by atoms with Gasteiger partial charge in [0.25, 0.3) is 0 Å². The molecule has 0 bridgehead atoms. The molecule has 2 unspecified atom stereocenters. The first-order valence-corrected chi connectivity index (χ1v) is 7.33. The van der Waals surface area contributed by atoms with Crippen molar-refractivity contribution in [2.45, 2.75) is 38.6 Å². The van der Waals surface area contributed by atoms with Gasteiger partial charge in [0, 0.05) is 26.7 Å². The van der Waals surface area contributed by atoms with Crippen LogP contribution >= 0.6 is 0 Å². The monoisotopic (exact) mass is 284 g/mol. The zero-order valence-corrected chi connectivity index (χ0v) is 12.3. The van der Waals surface area contributed by atoms with E-state index in [4.69, 9.17) is 4.74 Å². The second-order valence-corrected chi connectivity index (χ2v) is 5.92. The molecule has 2 atom stereocenters. The Morgan fingerprint density at radius 2 is 2.25 bits per heavy atom. The van der Waals surface area contributed by atoms with Crippen molar-refractivity contribution in [2.75, 3.05) is 33.4 Å². The van der Waals surface area contributed by atoms with E-state index < -0.39 is 11.4 Å². The van der Waals surface area contributed by atoms with E-state index in [2.05, 4.69) is 0 Å². The van der Waals surface area contributed by atoms with Gasteiger partial charge in [0.2, 0.25) is 0 Å². The van der Waals surface area contributed by atoms with Crippen molar-refractivity contribution in [1.29, 1.82) is 0 Å². The van der Waals surface area contributed by atoms with Crippen LogP contribution in [0.25, 0.3) is 0 Å². The highest BCUT2D eigenvalue weighted by molar-refractivity contribution is 5.80. The van der Waals surface area contributed by atoms with E-state index in [1.54, 1.807) is 16.8 Å². The quantitative estimate of drug-likeness (QED) is 0.847. The van der Waals surface area contributed by atoms with Crippen LogP contribution < -0.4 is 0 Å². The minimum absolute atomic E-state index is 0.0697. The fourth-order valence-electron chi connectivity index (χ4n) is 3.21. The molecule has 0 spiro atoms. The molecule has 0 aliphatic carbocycles. The molecular weight excluding hydrogens is 260 g/mol. The van der Waals surface area contributed by atoms with Crippen molar-refractivity contribution >= 4 is 12.0 Å². The summed E-state index contributed by atoms with van der Waals surface area (Å²) in [6, 6.07) is 0.0493. The Morgan fingerprint density at radius 3 is 2.80 bits per heavy atom. The van der Waals surface area contributed by atoms with Crippen LogP contribution in [-0.2, 0) is 9.53 Å². The number of urea groups is 1. The third kappa shape index (κ3) is 2.75. The zero-order valence-electron chi connectivity index (χ0n) is 12.3. The summed E-state index contributed by atoms with van der Waals surface area (Å²) in [4.78, 5) is 27.4. The molecule has 0 saturated carbocycles. The van der Waals surface area contributed by atoms with Crippen molar-refractivity contribution in [3.8, 4) is 0 Å². The van der Waals surface area contributed by atoms with Crippen molar-refractivity contribution in [2.24, 2.45) is 5.41 Å². The molecule has 2 heterocycles. The van der Waals surface area contributed by atoms with E-state index in [0.29, 0.717) is 39.1 Å². The molecule has 2 aliphatic heterocycles. The van der Waals surface area contributed by atoms with Crippen LogP contribution in [0.1, 0.15) is 32.6 Å². The first kappa shape index (κ1) is 15.1. The van der Waals surface area contributed by atoms with Gasteiger partial charge in [-0.2, -0.15) is 0 Å². The molecule has 2 fully saturated rings. The summed E-state index contributed by atoms with van der Waals surface area (Å²) in [5.41, 5.74) is -0.753. The number of carbonyl (C=O) groups is 2. The lowest BCUT2D eigenvalue weighted by Crippen LogP contribution is -2.46. The number of carboxylic acid groups (broad SMARTS) is 1. The van der Waals surface area contributed by atoms with Gasteiger partial charge < -0.3 is 19.6 Å². The normalized spacial score (nSPS) is 29.7. The number of likely N-dealkylation sites (N-methyl/N-ethyl adjacent to an activating group) is 1. The van der Waals surface area contributed by atoms with E-state index in [0.717, 1.165) is 12.8 Å². The van der Waals surface area contributed by atoms with E-state index in [-0.39, 0.29) is 12.1 Å². The topological polar surface area (TPSA) is 70.1 Å². The molecular formula is C14H24N2O4. The summed E-state index contributed by atoms with van der Waals surface area (Å²) in [5, 5.41) is 9.47. The molecule has 0 radical (unpaired) electrons. The number of aliphatic carboxylic acids is 1. The van der Waals surface area contributed by atoms with Gasteiger partial charge in [-0.3, -0.25) is 4.79 Å². The number of nitrogens with zero attached hydrogens (tertiary/aromatic N) is 2. The number of rotatable bonds is 4. The predicted molar refractivity (Wildman–Crippen MR) is 73.5 cm³/mol. The van der Waals surface area contributed by atoms with Crippen molar-refractivity contribution in [3.63, 3.8) is 0 Å². The molecule has 2 rings (SSSR count). The molecule has 1 N–H and O–H groups in total. The molecule has 2 amide bonds. The number of hydrogen-bond donors (Lipinski definition) is 1. The minimum Gasteiger partial charge on any atom is -0.481 e. The van der Waals surface area contributed by atoms with Gasteiger partial charge >= 0.3 is 12.0 Å². The fourth-order valence-corrected chi connectivity index (χ4v) is 3.21. The molecule has 0 aromatic heterocycles. The highest BCUT2D eigenvalue weighted by Gasteiger charge is 2.46. The number of carbonyl (C=O) groups excluding carboxylic acids is 1. The molecule has 2 saturated heterocycles. The Labute approximate surface area is 119 Å². The summed E-state index contributed by atoms with van der Waals surface area (Å²) in [6.07, 6.45) is 2.86. The number of amides is 2. The van der Waals surface area contributed by atoms with Crippen LogP contribution in [0.3, 0.4) is 0 Å². The Bertz CT molecular complexity index is 381. The zero-order chi connectivity index (χ0) is 14.8. The average Bonchev–Trinajstić information content (AvgIpc) is 3.07. The predicted octanol–water partition coefficient (Wildman–Crippen LogP) is 1.40. The maximum absolute atomic E-state index is 12.5. The van der Waals surface area contributed by atoms with Gasteiger partial charge in [0.15, 0.2) is 0 Å². The fraction of sp³-hybridized carbons (Fsp3) is 0.857. The number of hydrogen-bond acceptors (Lipinski definition) is 3. The van der Waals surface area contributed by atoms with Gasteiger partial charge in [-0.1, -0.05) is 13.3 Å². The van der Waals surface area contributed by atoms with Gasteiger partial charge in [-0.25, -0.2) is 4.79 Å². The second kappa shape index (κ2) is 5.99. The van der Waals surface area contributed by atoms with E-state index >= 15 is 0 Å². The largest absolute Gasteiger partial charge is 0.481 e. The van der Waals surface area contributed by atoms with Crippen molar-refractivity contribution in [3.05, 3.63) is 0 Å². The van der Waals surface area contributed by atoms with Gasteiger partial charge in [0.05, 0.1) is 18.1 Å². The first-order valence-electron chi connectivity index (χ1n) is 7.33. The van der Waals surface area contributed by atoms with Gasteiger partial charge in [0.1, 0.15) is 0 Å². The number of ether oxygens (including phenoxy) is 1. The number of carboxylic acids is 1.